The molecule has 0 atom stereocenters. The number of thiophene rings is 1. The first-order chi connectivity index (χ1) is 12.5. The fourth-order valence-electron chi connectivity index (χ4n) is 2.66. The number of benzene rings is 1. The van der Waals surface area contributed by atoms with Crippen molar-refractivity contribution in [3.63, 3.8) is 0 Å². The van der Waals surface area contributed by atoms with E-state index < -0.39 is 0 Å². The van der Waals surface area contributed by atoms with Crippen molar-refractivity contribution < 1.29 is 4.79 Å². The van der Waals surface area contributed by atoms with E-state index in [0.29, 0.717) is 0 Å². The Balaban J connectivity index is 1.83. The maximum absolute atomic E-state index is 12.1. The van der Waals surface area contributed by atoms with Crippen molar-refractivity contribution in [2.75, 3.05) is 41.3 Å². The molecule has 0 aliphatic rings. The number of aliphatic imine (C=N–C) groups is 1. The number of nitrogens with zero attached hydrogens (tertiary/aromatic N) is 3. The Bertz CT molecular complexity index is 725. The minimum Gasteiger partial charge on any atom is -0.356 e. The van der Waals surface area contributed by atoms with E-state index in [1.54, 1.807) is 37.4 Å². The second-order valence-electron chi connectivity index (χ2n) is 6.37. The van der Waals surface area contributed by atoms with Crippen LogP contribution in [0.3, 0.4) is 0 Å². The van der Waals surface area contributed by atoms with E-state index in [0.717, 1.165) is 43.0 Å². The zero-order chi connectivity index (χ0) is 18.9. The quantitative estimate of drug-likeness (QED) is 0.601. The fourth-order valence-corrected chi connectivity index (χ4v) is 3.36. The molecular formula is C20H28N4OS. The molecule has 0 radical (unpaired) electrons. The maximum Gasteiger partial charge on any atom is 0.253 e. The number of amides is 1. The lowest BCUT2D eigenvalue weighted by molar-refractivity contribution is 0.0827. The third-order valence-corrected chi connectivity index (χ3v) is 5.06. The van der Waals surface area contributed by atoms with Crippen molar-refractivity contribution in [3.8, 4) is 0 Å². The van der Waals surface area contributed by atoms with Crippen LogP contribution in [-0.4, -0.2) is 62.9 Å². The standard InChI is InChI=1S/C20H28N4OS/c1-21-20(24(4)13-11-18-9-6-14-26-18)22-12-10-16-7-5-8-17(15-16)19(25)23(2)3/h5-9,14-15H,10-13H2,1-4H3,(H,21,22). The first-order valence-electron chi connectivity index (χ1n) is 8.76. The Morgan fingerprint density at radius 1 is 1.15 bits per heavy atom. The highest BCUT2D eigenvalue weighted by Gasteiger charge is 2.09. The van der Waals surface area contributed by atoms with Crippen LogP contribution in [0.4, 0.5) is 0 Å². The number of hydrogen-bond donors (Lipinski definition) is 1. The van der Waals surface area contributed by atoms with Gasteiger partial charge in [0.25, 0.3) is 5.91 Å². The maximum atomic E-state index is 12.1. The number of likely N-dealkylation sites (N-methyl/N-ethyl adjacent to an activating group) is 1. The van der Waals surface area contributed by atoms with Crippen LogP contribution in [0, 0.1) is 0 Å². The zero-order valence-electron chi connectivity index (χ0n) is 16.0. The SMILES string of the molecule is CN=C(NCCc1cccc(C(=O)N(C)C)c1)N(C)CCc1cccs1. The first-order valence-corrected chi connectivity index (χ1v) is 9.64. The van der Waals surface area contributed by atoms with Gasteiger partial charge in [0.1, 0.15) is 0 Å². The molecule has 140 valence electrons. The molecule has 0 bridgehead atoms. The molecule has 0 aliphatic carbocycles. The molecule has 0 aliphatic heterocycles. The first kappa shape index (κ1) is 20.0. The number of rotatable bonds is 7. The summed E-state index contributed by atoms with van der Waals surface area (Å²) in [6, 6.07) is 12.1. The molecule has 0 fully saturated rings. The predicted molar refractivity (Wildman–Crippen MR) is 110 cm³/mol. The van der Waals surface area contributed by atoms with Gasteiger partial charge in [-0.25, -0.2) is 0 Å². The summed E-state index contributed by atoms with van der Waals surface area (Å²) >= 11 is 1.79. The Hall–Kier alpha value is -2.34. The molecule has 0 unspecified atom stereocenters. The Morgan fingerprint density at radius 3 is 2.62 bits per heavy atom. The van der Waals surface area contributed by atoms with Gasteiger partial charge in [0, 0.05) is 51.7 Å². The molecule has 1 heterocycles. The largest absolute Gasteiger partial charge is 0.356 e. The van der Waals surface area contributed by atoms with Crippen LogP contribution < -0.4 is 5.32 Å². The van der Waals surface area contributed by atoms with E-state index in [-0.39, 0.29) is 5.91 Å². The third kappa shape index (κ3) is 5.88. The molecule has 26 heavy (non-hydrogen) atoms. The van der Waals surface area contributed by atoms with Gasteiger partial charge in [0.2, 0.25) is 0 Å². The van der Waals surface area contributed by atoms with Crippen LogP contribution in [-0.2, 0) is 12.8 Å². The van der Waals surface area contributed by atoms with Crippen LogP contribution >= 0.6 is 11.3 Å². The monoisotopic (exact) mass is 372 g/mol. The van der Waals surface area contributed by atoms with Gasteiger partial charge in [-0.2, -0.15) is 0 Å². The number of guanidine groups is 1. The minimum atomic E-state index is 0.0314. The smallest absolute Gasteiger partial charge is 0.253 e. The fraction of sp³-hybridized carbons (Fsp3) is 0.400. The van der Waals surface area contributed by atoms with Crippen molar-refractivity contribution in [1.82, 2.24) is 15.1 Å². The summed E-state index contributed by atoms with van der Waals surface area (Å²) in [5, 5.41) is 5.51. The van der Waals surface area contributed by atoms with Crippen LogP contribution in [0.1, 0.15) is 20.8 Å². The molecule has 1 N–H and O–H groups in total. The second kappa shape index (κ2) is 9.97. The van der Waals surface area contributed by atoms with Crippen molar-refractivity contribution >= 4 is 23.2 Å². The second-order valence-corrected chi connectivity index (χ2v) is 7.41. The summed E-state index contributed by atoms with van der Waals surface area (Å²) in [5.41, 5.74) is 1.87. The van der Waals surface area contributed by atoms with E-state index in [9.17, 15) is 4.79 Å². The van der Waals surface area contributed by atoms with E-state index in [2.05, 4.69) is 45.8 Å². The summed E-state index contributed by atoms with van der Waals surface area (Å²) in [6.45, 7) is 1.70. The van der Waals surface area contributed by atoms with Crippen molar-refractivity contribution in [3.05, 3.63) is 57.8 Å². The number of carbonyl (C=O) groups excluding carboxylic acids is 1. The Kier molecular flexibility index (Phi) is 7.66. The normalized spacial score (nSPS) is 11.3. The molecule has 2 rings (SSSR count). The highest BCUT2D eigenvalue weighted by molar-refractivity contribution is 7.09. The minimum absolute atomic E-state index is 0.0314. The van der Waals surface area contributed by atoms with E-state index in [4.69, 9.17) is 0 Å². The van der Waals surface area contributed by atoms with Crippen molar-refractivity contribution in [2.45, 2.75) is 12.8 Å². The van der Waals surface area contributed by atoms with Gasteiger partial charge in [-0.05, 0) is 42.0 Å². The summed E-state index contributed by atoms with van der Waals surface area (Å²) in [4.78, 5) is 21.6. The predicted octanol–water partition coefficient (Wildman–Crippen LogP) is 2.74. The zero-order valence-corrected chi connectivity index (χ0v) is 16.8. The van der Waals surface area contributed by atoms with E-state index >= 15 is 0 Å². The molecule has 6 heteroatoms. The molecule has 0 saturated heterocycles. The molecule has 0 spiro atoms. The van der Waals surface area contributed by atoms with Gasteiger partial charge in [-0.3, -0.25) is 9.79 Å². The summed E-state index contributed by atoms with van der Waals surface area (Å²) < 4.78 is 0. The lowest BCUT2D eigenvalue weighted by atomic mass is 10.1. The highest BCUT2D eigenvalue weighted by Crippen LogP contribution is 2.10. The van der Waals surface area contributed by atoms with Crippen LogP contribution in [0.5, 0.6) is 0 Å². The summed E-state index contributed by atoms with van der Waals surface area (Å²) in [7, 11) is 7.40. The number of carbonyl (C=O) groups is 1. The molecule has 5 nitrogen and oxygen atoms in total. The molecular weight excluding hydrogens is 344 g/mol. The van der Waals surface area contributed by atoms with Crippen LogP contribution in [0.2, 0.25) is 0 Å². The molecule has 1 aromatic carbocycles. The lowest BCUT2D eigenvalue weighted by Gasteiger charge is -2.22. The topological polar surface area (TPSA) is 47.9 Å². The van der Waals surface area contributed by atoms with Gasteiger partial charge >= 0.3 is 0 Å². The van der Waals surface area contributed by atoms with Gasteiger partial charge in [-0.15, -0.1) is 11.3 Å². The highest BCUT2D eigenvalue weighted by atomic mass is 32.1. The average molecular weight is 373 g/mol. The molecule has 1 aromatic heterocycles. The molecule has 0 saturated carbocycles. The van der Waals surface area contributed by atoms with E-state index in [1.807, 2.05) is 18.2 Å². The third-order valence-electron chi connectivity index (χ3n) is 4.12. The molecule has 1 amide bonds. The van der Waals surface area contributed by atoms with Crippen molar-refractivity contribution in [2.24, 2.45) is 4.99 Å². The van der Waals surface area contributed by atoms with E-state index in [1.165, 1.54) is 4.88 Å². The Morgan fingerprint density at radius 2 is 1.96 bits per heavy atom. The molecule has 2 aromatic rings. The summed E-state index contributed by atoms with van der Waals surface area (Å²) in [6.07, 6.45) is 1.86. The van der Waals surface area contributed by atoms with Crippen molar-refractivity contribution in [1.29, 1.82) is 0 Å². The van der Waals surface area contributed by atoms with Gasteiger partial charge in [-0.1, -0.05) is 18.2 Å². The number of hydrogen-bond acceptors (Lipinski definition) is 3. The average Bonchev–Trinajstić information content (AvgIpc) is 3.16. The summed E-state index contributed by atoms with van der Waals surface area (Å²) in [5.74, 6) is 0.922. The lowest BCUT2D eigenvalue weighted by Crippen LogP contribution is -2.40. The van der Waals surface area contributed by atoms with Crippen LogP contribution in [0.25, 0.3) is 0 Å². The van der Waals surface area contributed by atoms with Gasteiger partial charge in [0.15, 0.2) is 5.96 Å². The Labute approximate surface area is 160 Å². The van der Waals surface area contributed by atoms with Gasteiger partial charge < -0.3 is 15.1 Å². The number of nitrogens with one attached hydrogen (secondary N) is 1. The van der Waals surface area contributed by atoms with Gasteiger partial charge in [0.05, 0.1) is 0 Å². The van der Waals surface area contributed by atoms with Crippen LogP contribution in [0.15, 0.2) is 46.8 Å².